The molecule has 0 saturated heterocycles. The van der Waals surface area contributed by atoms with Gasteiger partial charge >= 0.3 is 0 Å². The lowest BCUT2D eigenvalue weighted by atomic mass is 10.3. The van der Waals surface area contributed by atoms with Crippen molar-refractivity contribution in [2.45, 2.75) is 19.8 Å². The number of hydrogen-bond acceptors (Lipinski definition) is 6. The molecule has 0 aliphatic rings. The summed E-state index contributed by atoms with van der Waals surface area (Å²) in [5.41, 5.74) is -0.338. The van der Waals surface area contributed by atoms with Crippen LogP contribution in [0.4, 0.5) is 17.6 Å². The molecule has 0 aliphatic carbocycles. The summed E-state index contributed by atoms with van der Waals surface area (Å²) in [6.07, 6.45) is -4.33. The number of alkyl halides is 4. The van der Waals surface area contributed by atoms with E-state index in [-0.39, 0.29) is 23.1 Å². The highest BCUT2D eigenvalue weighted by Crippen LogP contribution is 2.29. The van der Waals surface area contributed by atoms with E-state index < -0.39 is 24.2 Å². The van der Waals surface area contributed by atoms with Crippen molar-refractivity contribution >= 4 is 5.65 Å². The highest BCUT2D eigenvalue weighted by Gasteiger charge is 2.23. The van der Waals surface area contributed by atoms with Crippen LogP contribution in [0.5, 0.6) is 0 Å². The minimum absolute atomic E-state index is 0.0381. The third kappa shape index (κ3) is 2.92. The topological polar surface area (TPSA) is 86.9 Å². The smallest absolute Gasteiger partial charge is 0.280 e. The summed E-state index contributed by atoms with van der Waals surface area (Å²) >= 11 is 0. The Kier molecular flexibility index (Phi) is 3.89. The SMILES string of the molecule is Cc1nn(C)cc1-c1nnc(-c2cc3nc(C(F)F)cc(C(F)F)n3n2)o1. The maximum absolute atomic E-state index is 13.2. The van der Waals surface area contributed by atoms with Gasteiger partial charge in [0.2, 0.25) is 0 Å². The van der Waals surface area contributed by atoms with Crippen molar-refractivity contribution in [3.05, 3.63) is 35.4 Å². The van der Waals surface area contributed by atoms with E-state index in [0.717, 1.165) is 4.52 Å². The number of nitrogens with zero attached hydrogens (tertiary/aromatic N) is 7. The van der Waals surface area contributed by atoms with Crippen molar-refractivity contribution in [3.63, 3.8) is 0 Å². The molecule has 0 unspecified atom stereocenters. The molecule has 27 heavy (non-hydrogen) atoms. The molecule has 0 aliphatic heterocycles. The largest absolute Gasteiger partial charge is 0.414 e. The van der Waals surface area contributed by atoms with Gasteiger partial charge in [-0.15, -0.1) is 10.2 Å². The van der Waals surface area contributed by atoms with Crippen LogP contribution in [0, 0.1) is 6.92 Å². The Hall–Kier alpha value is -3.31. The summed E-state index contributed by atoms with van der Waals surface area (Å²) in [5.74, 6) is 0.112. The van der Waals surface area contributed by atoms with Crippen LogP contribution in [0.2, 0.25) is 0 Å². The van der Waals surface area contributed by atoms with Gasteiger partial charge < -0.3 is 4.42 Å². The number of rotatable bonds is 4. The van der Waals surface area contributed by atoms with Crippen molar-refractivity contribution in [2.75, 3.05) is 0 Å². The first-order valence-corrected chi connectivity index (χ1v) is 7.65. The number of aryl methyl sites for hydroxylation is 2. The van der Waals surface area contributed by atoms with Crippen molar-refractivity contribution < 1.29 is 22.0 Å². The Morgan fingerprint density at radius 3 is 2.37 bits per heavy atom. The summed E-state index contributed by atoms with van der Waals surface area (Å²) in [6, 6.07) is 1.85. The molecular weight excluding hydrogens is 370 g/mol. The maximum Gasteiger partial charge on any atom is 0.280 e. The number of fused-ring (bicyclic) bond motifs is 1. The first-order chi connectivity index (χ1) is 12.8. The summed E-state index contributed by atoms with van der Waals surface area (Å²) < 4.78 is 60.2. The molecule has 8 nitrogen and oxygen atoms in total. The van der Waals surface area contributed by atoms with Gasteiger partial charge in [-0.2, -0.15) is 10.2 Å². The van der Waals surface area contributed by atoms with Crippen LogP contribution in [0.3, 0.4) is 0 Å². The van der Waals surface area contributed by atoms with Crippen LogP contribution in [0.1, 0.15) is 29.9 Å². The second kappa shape index (κ2) is 6.14. The van der Waals surface area contributed by atoms with Gasteiger partial charge in [0.05, 0.1) is 11.3 Å². The lowest BCUT2D eigenvalue weighted by Gasteiger charge is -2.06. The molecule has 0 atom stereocenters. The molecule has 0 spiro atoms. The number of aromatic nitrogens is 7. The molecule has 140 valence electrons. The molecule has 0 amide bonds. The number of halogens is 4. The zero-order valence-corrected chi connectivity index (χ0v) is 13.9. The predicted octanol–water partition coefficient (Wildman–Crippen LogP) is 3.36. The summed E-state index contributed by atoms with van der Waals surface area (Å²) in [7, 11) is 1.73. The Morgan fingerprint density at radius 1 is 1.00 bits per heavy atom. The average molecular weight is 381 g/mol. The van der Waals surface area contributed by atoms with Gasteiger partial charge in [0, 0.05) is 19.3 Å². The zero-order valence-electron chi connectivity index (χ0n) is 13.9. The second-order valence-electron chi connectivity index (χ2n) is 5.72. The lowest BCUT2D eigenvalue weighted by molar-refractivity contribution is 0.135. The molecule has 0 fully saturated rings. The monoisotopic (exact) mass is 381 g/mol. The average Bonchev–Trinajstić information content (AvgIpc) is 3.30. The highest BCUT2D eigenvalue weighted by atomic mass is 19.3. The van der Waals surface area contributed by atoms with E-state index in [1.54, 1.807) is 24.9 Å². The van der Waals surface area contributed by atoms with E-state index in [0.29, 0.717) is 17.3 Å². The molecule has 0 saturated carbocycles. The van der Waals surface area contributed by atoms with Crippen molar-refractivity contribution in [2.24, 2.45) is 7.05 Å². The third-order valence-corrected chi connectivity index (χ3v) is 3.81. The van der Waals surface area contributed by atoms with E-state index in [2.05, 4.69) is 25.4 Å². The van der Waals surface area contributed by atoms with Crippen LogP contribution in [-0.4, -0.2) is 34.6 Å². The lowest BCUT2D eigenvalue weighted by Crippen LogP contribution is -2.04. The van der Waals surface area contributed by atoms with Crippen molar-refractivity contribution in [3.8, 4) is 23.0 Å². The van der Waals surface area contributed by atoms with E-state index in [1.165, 1.54) is 6.07 Å². The minimum Gasteiger partial charge on any atom is -0.414 e. The van der Waals surface area contributed by atoms with Gasteiger partial charge in [0.25, 0.3) is 24.6 Å². The summed E-state index contributed by atoms with van der Waals surface area (Å²) in [6.45, 7) is 1.76. The maximum atomic E-state index is 13.2. The van der Waals surface area contributed by atoms with Crippen LogP contribution in [-0.2, 0) is 7.05 Å². The molecule has 4 heterocycles. The fourth-order valence-electron chi connectivity index (χ4n) is 2.63. The third-order valence-electron chi connectivity index (χ3n) is 3.81. The van der Waals surface area contributed by atoms with E-state index in [1.807, 2.05) is 0 Å². The van der Waals surface area contributed by atoms with Crippen LogP contribution in [0.15, 0.2) is 22.7 Å². The fourth-order valence-corrected chi connectivity index (χ4v) is 2.63. The highest BCUT2D eigenvalue weighted by molar-refractivity contribution is 5.60. The molecule has 12 heteroatoms. The standard InChI is InChI=1S/C15H11F4N7O/c1-6-7(5-25(2)23-6)14-21-22-15(27-14)9-4-11-20-8(12(16)17)3-10(13(18)19)26(11)24-9/h3-5,12-13H,1-2H3. The predicted molar refractivity (Wildman–Crippen MR) is 83.1 cm³/mol. The summed E-state index contributed by atoms with van der Waals surface area (Å²) in [4.78, 5) is 3.66. The molecule has 4 rings (SSSR count). The quantitative estimate of drug-likeness (QED) is 0.504. The second-order valence-corrected chi connectivity index (χ2v) is 5.72. The van der Waals surface area contributed by atoms with Gasteiger partial charge in [-0.25, -0.2) is 27.1 Å². The summed E-state index contributed by atoms with van der Waals surface area (Å²) in [5, 5.41) is 15.9. The normalized spacial score (nSPS) is 12.0. The molecule has 0 aromatic carbocycles. The van der Waals surface area contributed by atoms with Crippen LogP contribution < -0.4 is 0 Å². The first-order valence-electron chi connectivity index (χ1n) is 7.65. The van der Waals surface area contributed by atoms with Crippen LogP contribution >= 0.6 is 0 Å². The Labute approximate surface area is 148 Å². The van der Waals surface area contributed by atoms with Gasteiger partial charge in [0.1, 0.15) is 11.4 Å². The molecule has 4 aromatic heterocycles. The molecular formula is C15H11F4N7O. The fraction of sp³-hybridized carbons (Fsp3) is 0.267. The van der Waals surface area contributed by atoms with Crippen LogP contribution in [0.25, 0.3) is 28.7 Å². The number of hydrogen-bond donors (Lipinski definition) is 0. The Balaban J connectivity index is 1.81. The van der Waals surface area contributed by atoms with Crippen molar-refractivity contribution in [1.82, 2.24) is 34.6 Å². The van der Waals surface area contributed by atoms with Gasteiger partial charge in [-0.05, 0) is 13.0 Å². The van der Waals surface area contributed by atoms with E-state index in [4.69, 9.17) is 4.42 Å². The van der Waals surface area contributed by atoms with E-state index in [9.17, 15) is 17.6 Å². The molecule has 0 bridgehead atoms. The minimum atomic E-state index is -3.02. The van der Waals surface area contributed by atoms with Gasteiger partial charge in [-0.3, -0.25) is 4.68 Å². The van der Waals surface area contributed by atoms with E-state index >= 15 is 0 Å². The molecule has 0 N–H and O–H groups in total. The van der Waals surface area contributed by atoms with Gasteiger partial charge in [0.15, 0.2) is 11.3 Å². The Morgan fingerprint density at radius 2 is 1.74 bits per heavy atom. The zero-order chi connectivity index (χ0) is 19.3. The Bertz CT molecular complexity index is 1130. The molecule has 0 radical (unpaired) electrons. The molecule has 4 aromatic rings. The first kappa shape index (κ1) is 17.1. The van der Waals surface area contributed by atoms with Crippen molar-refractivity contribution in [1.29, 1.82) is 0 Å². The van der Waals surface area contributed by atoms with Gasteiger partial charge in [-0.1, -0.05) is 0 Å².